The van der Waals surface area contributed by atoms with Crippen molar-refractivity contribution in [1.82, 2.24) is 5.32 Å². The molecule has 0 aliphatic carbocycles. The lowest BCUT2D eigenvalue weighted by atomic mass is 10.2. The van der Waals surface area contributed by atoms with Gasteiger partial charge in [-0.25, -0.2) is 0 Å². The maximum atomic E-state index is 12.1. The van der Waals surface area contributed by atoms with E-state index in [4.69, 9.17) is 4.74 Å². The maximum Gasteiger partial charge on any atom is 0.251 e. The van der Waals surface area contributed by atoms with Crippen LogP contribution in [0, 0.1) is 0 Å². The second-order valence-corrected chi connectivity index (χ2v) is 6.85. The van der Waals surface area contributed by atoms with Crippen molar-refractivity contribution in [1.29, 1.82) is 0 Å². The number of hydrogen-bond acceptors (Lipinski definition) is 3. The third-order valence-corrected chi connectivity index (χ3v) is 4.13. The minimum atomic E-state index is -1.03. The fourth-order valence-corrected chi connectivity index (χ4v) is 2.56. The second kappa shape index (κ2) is 7.92. The standard InChI is InChI=1S/C18H21NO3S/c1-13(2)22-16-8-4-14(5-9-16)12-19-18(20)15-6-10-17(11-7-15)23(3)21/h4-11,13H,12H2,1-3H3,(H,19,20). The van der Waals surface area contributed by atoms with Gasteiger partial charge >= 0.3 is 0 Å². The van der Waals surface area contributed by atoms with Gasteiger partial charge in [-0.05, 0) is 55.8 Å². The van der Waals surface area contributed by atoms with E-state index in [-0.39, 0.29) is 12.0 Å². The van der Waals surface area contributed by atoms with Crippen LogP contribution in [0.2, 0.25) is 0 Å². The molecule has 1 amide bonds. The van der Waals surface area contributed by atoms with Crippen molar-refractivity contribution >= 4 is 16.7 Å². The molecule has 0 saturated carbocycles. The average Bonchev–Trinajstić information content (AvgIpc) is 2.53. The monoisotopic (exact) mass is 331 g/mol. The van der Waals surface area contributed by atoms with E-state index in [2.05, 4.69) is 5.32 Å². The molecule has 4 nitrogen and oxygen atoms in total. The molecule has 0 fully saturated rings. The first kappa shape index (κ1) is 17.2. The van der Waals surface area contributed by atoms with Crippen LogP contribution in [0.3, 0.4) is 0 Å². The summed E-state index contributed by atoms with van der Waals surface area (Å²) in [5.74, 6) is 0.666. The first-order chi connectivity index (χ1) is 11.0. The third-order valence-electron chi connectivity index (χ3n) is 3.20. The molecule has 122 valence electrons. The van der Waals surface area contributed by atoms with Crippen LogP contribution in [0.4, 0.5) is 0 Å². The van der Waals surface area contributed by atoms with Crippen molar-refractivity contribution in [3.8, 4) is 5.75 Å². The van der Waals surface area contributed by atoms with Gasteiger partial charge in [0.2, 0.25) is 0 Å². The van der Waals surface area contributed by atoms with E-state index in [0.29, 0.717) is 17.0 Å². The number of carbonyl (C=O) groups excluding carboxylic acids is 1. The molecule has 2 aromatic carbocycles. The summed E-state index contributed by atoms with van der Waals surface area (Å²) in [6.45, 7) is 4.41. The number of rotatable bonds is 6. The van der Waals surface area contributed by atoms with Crippen molar-refractivity contribution in [2.45, 2.75) is 31.4 Å². The van der Waals surface area contributed by atoms with Gasteiger partial charge in [-0.15, -0.1) is 0 Å². The van der Waals surface area contributed by atoms with Crippen LogP contribution in [0.15, 0.2) is 53.4 Å². The van der Waals surface area contributed by atoms with E-state index in [0.717, 1.165) is 11.3 Å². The Bertz CT molecular complexity index is 678. The van der Waals surface area contributed by atoms with Crippen LogP contribution in [0.25, 0.3) is 0 Å². The minimum Gasteiger partial charge on any atom is -0.491 e. The van der Waals surface area contributed by atoms with Gasteiger partial charge in [0.15, 0.2) is 0 Å². The molecular formula is C18H21NO3S. The van der Waals surface area contributed by atoms with E-state index in [1.807, 2.05) is 38.1 Å². The number of hydrogen-bond donors (Lipinski definition) is 1. The van der Waals surface area contributed by atoms with Crippen LogP contribution >= 0.6 is 0 Å². The Labute approximate surface area is 139 Å². The zero-order valence-electron chi connectivity index (χ0n) is 13.5. The highest BCUT2D eigenvalue weighted by Crippen LogP contribution is 2.14. The average molecular weight is 331 g/mol. The van der Waals surface area contributed by atoms with Gasteiger partial charge in [0.1, 0.15) is 5.75 Å². The Kier molecular flexibility index (Phi) is 5.93. The Morgan fingerprint density at radius 2 is 1.70 bits per heavy atom. The highest BCUT2D eigenvalue weighted by molar-refractivity contribution is 7.84. The molecule has 0 aliphatic rings. The van der Waals surface area contributed by atoms with E-state index in [1.165, 1.54) is 0 Å². The number of benzene rings is 2. The summed E-state index contributed by atoms with van der Waals surface area (Å²) >= 11 is 0. The summed E-state index contributed by atoms with van der Waals surface area (Å²) in [7, 11) is -1.03. The highest BCUT2D eigenvalue weighted by atomic mass is 32.2. The van der Waals surface area contributed by atoms with Crippen molar-refractivity contribution in [3.63, 3.8) is 0 Å². The second-order valence-electron chi connectivity index (χ2n) is 5.47. The number of nitrogens with one attached hydrogen (secondary N) is 1. The lowest BCUT2D eigenvalue weighted by Gasteiger charge is -2.10. The largest absolute Gasteiger partial charge is 0.491 e. The summed E-state index contributed by atoms with van der Waals surface area (Å²) in [5, 5.41) is 2.87. The molecule has 23 heavy (non-hydrogen) atoms. The SMILES string of the molecule is CC(C)Oc1ccc(CNC(=O)c2ccc(S(C)=O)cc2)cc1. The van der Waals surface area contributed by atoms with Gasteiger partial charge < -0.3 is 10.1 Å². The Morgan fingerprint density at radius 1 is 1.09 bits per heavy atom. The molecule has 5 heteroatoms. The quantitative estimate of drug-likeness (QED) is 0.885. The Balaban J connectivity index is 1.92. The first-order valence-electron chi connectivity index (χ1n) is 7.43. The summed E-state index contributed by atoms with van der Waals surface area (Å²) in [6, 6.07) is 14.5. The van der Waals surface area contributed by atoms with Crippen molar-refractivity contribution in [2.75, 3.05) is 6.26 Å². The number of carbonyl (C=O) groups is 1. The molecular weight excluding hydrogens is 310 g/mol. The molecule has 1 unspecified atom stereocenters. The summed E-state index contributed by atoms with van der Waals surface area (Å²) in [6.07, 6.45) is 1.75. The molecule has 0 radical (unpaired) electrons. The van der Waals surface area contributed by atoms with Crippen LogP contribution in [0.5, 0.6) is 5.75 Å². The molecule has 0 heterocycles. The zero-order chi connectivity index (χ0) is 16.8. The van der Waals surface area contributed by atoms with Gasteiger partial charge in [-0.2, -0.15) is 0 Å². The van der Waals surface area contributed by atoms with Gasteiger partial charge in [0.25, 0.3) is 5.91 Å². The molecule has 1 atom stereocenters. The molecule has 0 aliphatic heterocycles. The molecule has 0 bridgehead atoms. The molecule has 2 aromatic rings. The fraction of sp³-hybridized carbons (Fsp3) is 0.278. The summed E-state index contributed by atoms with van der Waals surface area (Å²) in [4.78, 5) is 12.8. The predicted octanol–water partition coefficient (Wildman–Crippen LogP) is 3.14. The maximum absolute atomic E-state index is 12.1. The van der Waals surface area contributed by atoms with Crippen LogP contribution in [-0.4, -0.2) is 22.5 Å². The first-order valence-corrected chi connectivity index (χ1v) is 8.99. The van der Waals surface area contributed by atoms with E-state index in [1.54, 1.807) is 30.5 Å². The third kappa shape index (κ3) is 5.21. The normalized spacial score (nSPS) is 12.0. The molecule has 0 saturated heterocycles. The summed E-state index contributed by atoms with van der Waals surface area (Å²) in [5.41, 5.74) is 1.56. The lowest BCUT2D eigenvalue weighted by molar-refractivity contribution is 0.0951. The van der Waals surface area contributed by atoms with E-state index < -0.39 is 10.8 Å². The minimum absolute atomic E-state index is 0.140. The van der Waals surface area contributed by atoms with Crippen LogP contribution in [-0.2, 0) is 17.3 Å². The Hall–Kier alpha value is -2.14. The highest BCUT2D eigenvalue weighted by Gasteiger charge is 2.06. The van der Waals surface area contributed by atoms with Crippen LogP contribution < -0.4 is 10.1 Å². The van der Waals surface area contributed by atoms with Gasteiger partial charge in [0, 0.05) is 34.1 Å². The van der Waals surface area contributed by atoms with Crippen molar-refractivity contribution < 1.29 is 13.7 Å². The predicted molar refractivity (Wildman–Crippen MR) is 92.2 cm³/mol. The van der Waals surface area contributed by atoms with Gasteiger partial charge in [0.05, 0.1) is 6.10 Å². The van der Waals surface area contributed by atoms with E-state index >= 15 is 0 Å². The Morgan fingerprint density at radius 3 is 2.22 bits per heavy atom. The molecule has 1 N–H and O–H groups in total. The molecule has 0 aromatic heterocycles. The lowest BCUT2D eigenvalue weighted by Crippen LogP contribution is -2.22. The number of amides is 1. The molecule has 0 spiro atoms. The topological polar surface area (TPSA) is 55.4 Å². The van der Waals surface area contributed by atoms with Gasteiger partial charge in [-0.3, -0.25) is 9.00 Å². The van der Waals surface area contributed by atoms with E-state index in [9.17, 15) is 9.00 Å². The molecule has 2 rings (SSSR count). The smallest absolute Gasteiger partial charge is 0.251 e. The summed E-state index contributed by atoms with van der Waals surface area (Å²) < 4.78 is 16.9. The van der Waals surface area contributed by atoms with Crippen LogP contribution in [0.1, 0.15) is 29.8 Å². The zero-order valence-corrected chi connectivity index (χ0v) is 14.4. The van der Waals surface area contributed by atoms with Crippen molar-refractivity contribution in [2.24, 2.45) is 0 Å². The van der Waals surface area contributed by atoms with Gasteiger partial charge in [-0.1, -0.05) is 12.1 Å². The van der Waals surface area contributed by atoms with Crippen molar-refractivity contribution in [3.05, 3.63) is 59.7 Å². The fourth-order valence-electron chi connectivity index (χ4n) is 2.04. The number of ether oxygens (including phenoxy) is 1.